The maximum Gasteiger partial charge on any atom is 0.321 e. The summed E-state index contributed by atoms with van der Waals surface area (Å²) in [5.41, 5.74) is 0. The number of unbranched alkanes of at least 4 members (excludes halogenated alkanes) is 15. The van der Waals surface area contributed by atoms with E-state index < -0.39 is 18.0 Å². The van der Waals surface area contributed by atoms with E-state index in [1.807, 2.05) is 0 Å². The molecular formula is C22H43NNaO4. The molecule has 0 aliphatic rings. The van der Waals surface area contributed by atoms with E-state index in [2.05, 4.69) is 12.2 Å². The van der Waals surface area contributed by atoms with Gasteiger partial charge in [-0.25, -0.2) is 0 Å². The standard InChI is InChI=1S/C22H43NO4.Na/c1-2-3-4-5-6-7-8-9-10-11-12-13-14-15-16-17-18-23-20(22(26)27)19-21(24)25;/h20,23H,2-19H2,1H3,(H,24,25)(H,26,27);/t20-;/m0./s1. The minimum absolute atomic E-state index is 0. The Kier molecular flexibility index (Phi) is 24.9. The molecule has 0 fully saturated rings. The summed E-state index contributed by atoms with van der Waals surface area (Å²) < 4.78 is 0. The number of carboxylic acid groups (broad SMARTS) is 2. The Bertz CT molecular complexity index is 366. The van der Waals surface area contributed by atoms with Crippen LogP contribution in [0, 0.1) is 0 Å². The van der Waals surface area contributed by atoms with Crippen LogP contribution in [0.15, 0.2) is 0 Å². The minimum Gasteiger partial charge on any atom is -0.481 e. The van der Waals surface area contributed by atoms with Gasteiger partial charge in [0.25, 0.3) is 0 Å². The van der Waals surface area contributed by atoms with Crippen LogP contribution < -0.4 is 5.32 Å². The first-order valence-electron chi connectivity index (χ1n) is 11.3. The van der Waals surface area contributed by atoms with Crippen LogP contribution >= 0.6 is 0 Å². The van der Waals surface area contributed by atoms with Crippen molar-refractivity contribution in [1.82, 2.24) is 5.32 Å². The number of hydrogen-bond acceptors (Lipinski definition) is 3. The number of carboxylic acids is 2. The van der Waals surface area contributed by atoms with Gasteiger partial charge >= 0.3 is 11.9 Å². The molecule has 0 saturated heterocycles. The third-order valence-corrected chi connectivity index (χ3v) is 5.10. The normalized spacial score (nSPS) is 11.8. The molecule has 0 heterocycles. The SMILES string of the molecule is CCCCCCCCCCCCCCCCCCN[C@@H](CC(=O)O)C(=O)O.[Na]. The molecule has 28 heavy (non-hydrogen) atoms. The molecule has 0 amide bonds. The Labute approximate surface area is 194 Å². The van der Waals surface area contributed by atoms with Gasteiger partial charge in [-0.3, -0.25) is 9.59 Å². The molecule has 0 aromatic carbocycles. The molecule has 0 rings (SSSR count). The van der Waals surface area contributed by atoms with Gasteiger partial charge in [0.1, 0.15) is 6.04 Å². The van der Waals surface area contributed by atoms with Crippen molar-refractivity contribution < 1.29 is 19.8 Å². The maximum atomic E-state index is 10.9. The van der Waals surface area contributed by atoms with Gasteiger partial charge in [-0.2, -0.15) is 0 Å². The summed E-state index contributed by atoms with van der Waals surface area (Å²) in [6.45, 7) is 2.83. The van der Waals surface area contributed by atoms with Gasteiger partial charge in [0.05, 0.1) is 6.42 Å². The zero-order chi connectivity index (χ0) is 20.2. The fraction of sp³-hybridized carbons (Fsp3) is 0.909. The molecule has 1 atom stereocenters. The van der Waals surface area contributed by atoms with Gasteiger partial charge < -0.3 is 15.5 Å². The van der Waals surface area contributed by atoms with E-state index in [9.17, 15) is 9.59 Å². The van der Waals surface area contributed by atoms with Gasteiger partial charge in [0.2, 0.25) is 0 Å². The van der Waals surface area contributed by atoms with E-state index in [1.54, 1.807) is 0 Å². The van der Waals surface area contributed by atoms with Crippen molar-refractivity contribution in [3.63, 3.8) is 0 Å². The van der Waals surface area contributed by atoms with Crippen molar-refractivity contribution in [2.24, 2.45) is 0 Å². The van der Waals surface area contributed by atoms with Gasteiger partial charge in [0, 0.05) is 29.6 Å². The summed E-state index contributed by atoms with van der Waals surface area (Å²) >= 11 is 0. The van der Waals surface area contributed by atoms with Gasteiger partial charge in [0.15, 0.2) is 0 Å². The van der Waals surface area contributed by atoms with Gasteiger partial charge in [-0.1, -0.05) is 103 Å². The Balaban J connectivity index is 0. The molecule has 0 spiro atoms. The second kappa shape index (κ2) is 23.2. The van der Waals surface area contributed by atoms with E-state index in [0.29, 0.717) is 6.54 Å². The zero-order valence-electron chi connectivity index (χ0n) is 18.5. The largest absolute Gasteiger partial charge is 0.481 e. The number of aliphatic carboxylic acids is 2. The van der Waals surface area contributed by atoms with E-state index in [1.165, 1.54) is 89.9 Å². The molecular weight excluding hydrogens is 365 g/mol. The molecule has 161 valence electrons. The van der Waals surface area contributed by atoms with Crippen molar-refractivity contribution in [1.29, 1.82) is 0 Å². The predicted octanol–water partition coefficient (Wildman–Crippen LogP) is 5.38. The number of hydrogen-bond donors (Lipinski definition) is 3. The summed E-state index contributed by atoms with van der Waals surface area (Å²) in [7, 11) is 0. The van der Waals surface area contributed by atoms with Crippen LogP contribution in [0.5, 0.6) is 0 Å². The molecule has 5 nitrogen and oxygen atoms in total. The van der Waals surface area contributed by atoms with Crippen LogP contribution in [-0.2, 0) is 9.59 Å². The Morgan fingerprint density at radius 1 is 0.679 bits per heavy atom. The molecule has 1 radical (unpaired) electrons. The Morgan fingerprint density at radius 3 is 1.36 bits per heavy atom. The minimum atomic E-state index is -1.09. The zero-order valence-corrected chi connectivity index (χ0v) is 20.5. The van der Waals surface area contributed by atoms with Crippen molar-refractivity contribution in [2.75, 3.05) is 6.54 Å². The molecule has 0 aliphatic carbocycles. The molecule has 0 aliphatic heterocycles. The number of rotatable bonds is 21. The second-order valence-corrected chi connectivity index (χ2v) is 7.75. The van der Waals surface area contributed by atoms with Gasteiger partial charge in [-0.15, -0.1) is 0 Å². The molecule has 0 aromatic rings. The predicted molar refractivity (Wildman–Crippen MR) is 117 cm³/mol. The maximum absolute atomic E-state index is 10.9. The van der Waals surface area contributed by atoms with E-state index >= 15 is 0 Å². The molecule has 0 saturated carbocycles. The number of carbonyl (C=O) groups is 2. The van der Waals surface area contributed by atoms with E-state index in [0.717, 1.165) is 12.8 Å². The van der Waals surface area contributed by atoms with Crippen molar-refractivity contribution >= 4 is 41.5 Å². The van der Waals surface area contributed by atoms with Crippen LogP contribution in [-0.4, -0.2) is 64.3 Å². The summed E-state index contributed by atoms with van der Waals surface area (Å²) in [5, 5.41) is 20.4. The van der Waals surface area contributed by atoms with E-state index in [4.69, 9.17) is 10.2 Å². The topological polar surface area (TPSA) is 86.6 Å². The second-order valence-electron chi connectivity index (χ2n) is 7.75. The smallest absolute Gasteiger partial charge is 0.321 e. The van der Waals surface area contributed by atoms with Crippen LogP contribution in [0.1, 0.15) is 116 Å². The van der Waals surface area contributed by atoms with E-state index in [-0.39, 0.29) is 36.0 Å². The van der Waals surface area contributed by atoms with Gasteiger partial charge in [-0.05, 0) is 13.0 Å². The average molecular weight is 409 g/mol. The molecule has 0 unspecified atom stereocenters. The fourth-order valence-corrected chi connectivity index (χ4v) is 3.37. The third-order valence-electron chi connectivity index (χ3n) is 5.10. The first-order valence-corrected chi connectivity index (χ1v) is 11.3. The van der Waals surface area contributed by atoms with Crippen molar-refractivity contribution in [3.8, 4) is 0 Å². The van der Waals surface area contributed by atoms with Crippen LogP contribution in [0.2, 0.25) is 0 Å². The summed E-state index contributed by atoms with van der Waals surface area (Å²) in [5.74, 6) is -2.17. The summed E-state index contributed by atoms with van der Waals surface area (Å²) in [6, 6.07) is -0.973. The van der Waals surface area contributed by atoms with Crippen molar-refractivity contribution in [3.05, 3.63) is 0 Å². The summed E-state index contributed by atoms with van der Waals surface area (Å²) in [6.07, 6.45) is 20.5. The van der Waals surface area contributed by atoms with Crippen LogP contribution in [0.3, 0.4) is 0 Å². The van der Waals surface area contributed by atoms with Crippen molar-refractivity contribution in [2.45, 2.75) is 122 Å². The first kappa shape index (κ1) is 30.1. The summed E-state index contributed by atoms with van der Waals surface area (Å²) in [4.78, 5) is 21.5. The fourth-order valence-electron chi connectivity index (χ4n) is 3.37. The quantitative estimate of drug-likeness (QED) is 0.175. The van der Waals surface area contributed by atoms with Crippen LogP contribution in [0.4, 0.5) is 0 Å². The first-order chi connectivity index (χ1) is 13.1. The molecule has 3 N–H and O–H groups in total. The molecule has 0 aromatic heterocycles. The number of nitrogens with one attached hydrogen (secondary N) is 1. The monoisotopic (exact) mass is 408 g/mol. The third kappa shape index (κ3) is 22.2. The molecule has 6 heteroatoms. The Morgan fingerprint density at radius 2 is 1.04 bits per heavy atom. The van der Waals surface area contributed by atoms with Crippen LogP contribution in [0.25, 0.3) is 0 Å². The molecule has 0 bridgehead atoms. The Hall–Kier alpha value is -0.100. The average Bonchev–Trinajstić information content (AvgIpc) is 2.62.